The quantitative estimate of drug-likeness (QED) is 0.590. The number of nitrogens with one attached hydrogen (secondary N) is 2. The van der Waals surface area contributed by atoms with E-state index in [1.807, 2.05) is 30.3 Å². The molecule has 1 aromatic carbocycles. The van der Waals surface area contributed by atoms with Crippen molar-refractivity contribution in [3.05, 3.63) is 48.6 Å². The molecule has 0 aliphatic rings. The fraction of sp³-hybridized carbons (Fsp3) is 0.312. The molecule has 0 fully saturated rings. The number of carbonyl (C=O) groups is 3. The molecule has 0 aliphatic carbocycles. The molecule has 6 heteroatoms. The Bertz CT molecular complexity index is 528. The Morgan fingerprint density at radius 1 is 1.23 bits per heavy atom. The van der Waals surface area contributed by atoms with Crippen molar-refractivity contribution in [3.8, 4) is 0 Å². The van der Waals surface area contributed by atoms with Crippen molar-refractivity contribution >= 4 is 17.8 Å². The van der Waals surface area contributed by atoms with Crippen LogP contribution in [0.5, 0.6) is 0 Å². The van der Waals surface area contributed by atoms with Crippen LogP contribution < -0.4 is 10.6 Å². The van der Waals surface area contributed by atoms with Crippen LogP contribution in [0.25, 0.3) is 0 Å². The fourth-order valence-electron chi connectivity index (χ4n) is 1.84. The first-order valence-electron chi connectivity index (χ1n) is 6.96. The van der Waals surface area contributed by atoms with Gasteiger partial charge in [0.1, 0.15) is 12.6 Å². The van der Waals surface area contributed by atoms with Crippen LogP contribution in [0.1, 0.15) is 18.4 Å². The van der Waals surface area contributed by atoms with Crippen molar-refractivity contribution in [3.63, 3.8) is 0 Å². The Morgan fingerprint density at radius 3 is 2.50 bits per heavy atom. The van der Waals surface area contributed by atoms with Gasteiger partial charge in [0.05, 0.1) is 0 Å². The maximum Gasteiger partial charge on any atom is 0.322 e. The number of hydrogen-bond donors (Lipinski definition) is 3. The van der Waals surface area contributed by atoms with Gasteiger partial charge in [-0.05, 0) is 12.0 Å². The van der Waals surface area contributed by atoms with E-state index in [4.69, 9.17) is 5.11 Å². The van der Waals surface area contributed by atoms with E-state index in [9.17, 15) is 14.4 Å². The summed E-state index contributed by atoms with van der Waals surface area (Å²) in [6.45, 7) is 3.06. The van der Waals surface area contributed by atoms with Gasteiger partial charge in [-0.3, -0.25) is 14.4 Å². The predicted molar refractivity (Wildman–Crippen MR) is 82.2 cm³/mol. The molecule has 1 atom stereocenters. The Kier molecular flexibility index (Phi) is 7.39. The van der Waals surface area contributed by atoms with Gasteiger partial charge in [-0.1, -0.05) is 36.4 Å². The molecule has 0 radical (unpaired) electrons. The molecular formula is C16H20N2O4. The zero-order valence-corrected chi connectivity index (χ0v) is 12.2. The Labute approximate surface area is 129 Å². The minimum atomic E-state index is -1.13. The largest absolute Gasteiger partial charge is 0.480 e. The van der Waals surface area contributed by atoms with Crippen LogP contribution in [0.4, 0.5) is 0 Å². The Morgan fingerprint density at radius 2 is 1.91 bits per heavy atom. The summed E-state index contributed by atoms with van der Waals surface area (Å²) in [6, 6.07) is 8.40. The fourth-order valence-corrected chi connectivity index (χ4v) is 1.84. The molecule has 0 heterocycles. The van der Waals surface area contributed by atoms with Crippen LogP contribution in [-0.2, 0) is 20.8 Å². The molecular weight excluding hydrogens is 284 g/mol. The second-order valence-corrected chi connectivity index (χ2v) is 4.75. The van der Waals surface area contributed by atoms with E-state index < -0.39 is 24.5 Å². The number of carbonyl (C=O) groups excluding carboxylic acids is 2. The summed E-state index contributed by atoms with van der Waals surface area (Å²) >= 11 is 0. The highest BCUT2D eigenvalue weighted by Crippen LogP contribution is 2.04. The summed E-state index contributed by atoms with van der Waals surface area (Å²) in [6.07, 6.45) is 2.67. The second kappa shape index (κ2) is 9.33. The van der Waals surface area contributed by atoms with Gasteiger partial charge in [-0.2, -0.15) is 0 Å². The lowest BCUT2D eigenvalue weighted by Gasteiger charge is -2.18. The van der Waals surface area contributed by atoms with Crippen LogP contribution in [0, 0.1) is 0 Å². The van der Waals surface area contributed by atoms with Crippen LogP contribution in [0.2, 0.25) is 0 Å². The Hall–Kier alpha value is -2.63. The van der Waals surface area contributed by atoms with E-state index >= 15 is 0 Å². The zero-order valence-electron chi connectivity index (χ0n) is 12.2. The highest BCUT2D eigenvalue weighted by molar-refractivity contribution is 5.89. The first-order chi connectivity index (χ1) is 10.5. The van der Waals surface area contributed by atoms with E-state index in [2.05, 4.69) is 17.2 Å². The third-order valence-electron chi connectivity index (χ3n) is 2.92. The molecule has 118 valence electrons. The number of amides is 2. The van der Waals surface area contributed by atoms with Crippen molar-refractivity contribution in [1.82, 2.24) is 10.6 Å². The molecule has 3 N–H and O–H groups in total. The first kappa shape index (κ1) is 17.4. The maximum absolute atomic E-state index is 12.1. The van der Waals surface area contributed by atoms with Crippen LogP contribution >= 0.6 is 0 Å². The van der Waals surface area contributed by atoms with Gasteiger partial charge in [-0.25, -0.2) is 0 Å². The van der Waals surface area contributed by atoms with Crippen molar-refractivity contribution in [2.45, 2.75) is 25.3 Å². The van der Waals surface area contributed by atoms with E-state index in [1.54, 1.807) is 6.08 Å². The number of allylic oxidation sites excluding steroid dienone is 1. The van der Waals surface area contributed by atoms with E-state index in [0.717, 1.165) is 5.56 Å². The first-order valence-corrected chi connectivity index (χ1v) is 6.96. The molecule has 0 bridgehead atoms. The molecule has 6 nitrogen and oxygen atoms in total. The van der Waals surface area contributed by atoms with Crippen LogP contribution in [0.15, 0.2) is 43.0 Å². The van der Waals surface area contributed by atoms with Crippen LogP contribution in [0.3, 0.4) is 0 Å². The summed E-state index contributed by atoms with van der Waals surface area (Å²) in [7, 11) is 0. The van der Waals surface area contributed by atoms with Gasteiger partial charge < -0.3 is 15.7 Å². The summed E-state index contributed by atoms with van der Waals surface area (Å²) < 4.78 is 0. The van der Waals surface area contributed by atoms with Crippen molar-refractivity contribution in [2.75, 3.05) is 6.54 Å². The lowest BCUT2D eigenvalue weighted by Crippen LogP contribution is -2.49. The minimum Gasteiger partial charge on any atom is -0.480 e. The molecule has 0 spiro atoms. The highest BCUT2D eigenvalue weighted by Gasteiger charge is 2.21. The normalized spacial score (nSPS) is 11.3. The van der Waals surface area contributed by atoms with Crippen molar-refractivity contribution in [2.24, 2.45) is 0 Å². The third-order valence-corrected chi connectivity index (χ3v) is 2.92. The number of benzene rings is 1. The molecule has 0 unspecified atom stereocenters. The number of rotatable bonds is 9. The average Bonchev–Trinajstić information content (AvgIpc) is 2.51. The molecule has 1 rings (SSSR count). The van der Waals surface area contributed by atoms with Gasteiger partial charge in [0.25, 0.3) is 0 Å². The lowest BCUT2D eigenvalue weighted by molar-refractivity contribution is -0.138. The van der Waals surface area contributed by atoms with Crippen LogP contribution in [-0.4, -0.2) is 35.5 Å². The number of hydrogen-bond acceptors (Lipinski definition) is 3. The van der Waals surface area contributed by atoms with Gasteiger partial charge in [0, 0.05) is 12.8 Å². The van der Waals surface area contributed by atoms with Gasteiger partial charge in [0.2, 0.25) is 11.8 Å². The Balaban J connectivity index is 2.70. The molecule has 0 saturated carbocycles. The van der Waals surface area contributed by atoms with Gasteiger partial charge >= 0.3 is 5.97 Å². The molecule has 0 saturated heterocycles. The second-order valence-electron chi connectivity index (χ2n) is 4.75. The smallest absolute Gasteiger partial charge is 0.322 e. The van der Waals surface area contributed by atoms with Gasteiger partial charge in [-0.15, -0.1) is 6.58 Å². The minimum absolute atomic E-state index is 0.237. The molecule has 1 aromatic rings. The molecule has 0 aliphatic heterocycles. The third kappa shape index (κ3) is 6.69. The topological polar surface area (TPSA) is 95.5 Å². The summed E-state index contributed by atoms with van der Waals surface area (Å²) in [5.41, 5.74) is 0.877. The average molecular weight is 304 g/mol. The van der Waals surface area contributed by atoms with E-state index in [-0.39, 0.29) is 12.3 Å². The monoisotopic (exact) mass is 304 g/mol. The number of carboxylic acid groups (broad SMARTS) is 1. The molecule has 22 heavy (non-hydrogen) atoms. The van der Waals surface area contributed by atoms with Crippen molar-refractivity contribution < 1.29 is 19.5 Å². The maximum atomic E-state index is 12.1. The number of carboxylic acids is 1. The molecule has 0 aromatic heterocycles. The zero-order chi connectivity index (χ0) is 16.4. The summed E-state index contributed by atoms with van der Waals surface area (Å²) in [4.78, 5) is 34.4. The standard InChI is InChI=1S/C16H20N2O4/c1-2-3-9-14(19)18-13(16(22)17-11-15(20)21)10-12-7-5-4-6-8-12/h2,4-8,13H,1,3,9-11H2,(H,17,22)(H,18,19)(H,20,21)/t13-/m0/s1. The highest BCUT2D eigenvalue weighted by atomic mass is 16.4. The molecule has 2 amide bonds. The SMILES string of the molecule is C=CCCC(=O)N[C@@H](Cc1ccccc1)C(=O)NCC(=O)O. The number of aliphatic carboxylic acids is 1. The summed E-state index contributed by atoms with van der Waals surface area (Å²) in [5.74, 6) is -1.92. The van der Waals surface area contributed by atoms with Crippen molar-refractivity contribution in [1.29, 1.82) is 0 Å². The predicted octanol–water partition coefficient (Wildman–Crippen LogP) is 0.881. The van der Waals surface area contributed by atoms with E-state index in [1.165, 1.54) is 0 Å². The summed E-state index contributed by atoms with van der Waals surface area (Å²) in [5, 5.41) is 13.5. The van der Waals surface area contributed by atoms with Gasteiger partial charge in [0.15, 0.2) is 0 Å². The lowest BCUT2D eigenvalue weighted by atomic mass is 10.0. The van der Waals surface area contributed by atoms with E-state index in [0.29, 0.717) is 12.8 Å².